The van der Waals surface area contributed by atoms with E-state index in [4.69, 9.17) is 11.0 Å². The molecule has 19 heavy (non-hydrogen) atoms. The number of halogens is 1. The minimum Gasteiger partial charge on any atom is -0.326 e. The third-order valence-electron chi connectivity index (χ3n) is 2.61. The van der Waals surface area contributed by atoms with Crippen molar-refractivity contribution in [3.05, 3.63) is 70.5 Å². The van der Waals surface area contributed by atoms with Crippen LogP contribution in [0.5, 0.6) is 0 Å². The van der Waals surface area contributed by atoms with Crippen LogP contribution >= 0.6 is 0 Å². The van der Waals surface area contributed by atoms with Gasteiger partial charge in [0.25, 0.3) is 0 Å². The van der Waals surface area contributed by atoms with Gasteiger partial charge < -0.3 is 5.73 Å². The summed E-state index contributed by atoms with van der Waals surface area (Å²) in [4.78, 5) is 0. The molecule has 0 atom stereocenters. The molecule has 0 amide bonds. The molecule has 0 unspecified atom stereocenters. The Labute approximate surface area is 111 Å². The monoisotopic (exact) mass is 250 g/mol. The first-order valence-corrected chi connectivity index (χ1v) is 5.73. The number of nitrogens with zero attached hydrogens (tertiary/aromatic N) is 1. The highest BCUT2D eigenvalue weighted by Gasteiger charge is 1.99. The molecule has 0 aliphatic carbocycles. The van der Waals surface area contributed by atoms with Crippen LogP contribution in [-0.4, -0.2) is 0 Å². The molecule has 2 aromatic carbocycles. The van der Waals surface area contributed by atoms with Crippen LogP contribution in [0.15, 0.2) is 42.5 Å². The van der Waals surface area contributed by atoms with Crippen LogP contribution in [0, 0.1) is 29.0 Å². The summed E-state index contributed by atoms with van der Waals surface area (Å²) in [5, 5.41) is 8.77. The second-order valence-corrected chi connectivity index (χ2v) is 3.95. The third-order valence-corrected chi connectivity index (χ3v) is 2.61. The van der Waals surface area contributed by atoms with Crippen molar-refractivity contribution in [2.24, 2.45) is 5.73 Å². The van der Waals surface area contributed by atoms with E-state index >= 15 is 0 Å². The SMILES string of the molecule is N#Cc1cc(F)cc(C#Cc2ccccc2CN)c1. The lowest BCUT2D eigenvalue weighted by Gasteiger charge is -1.99. The lowest BCUT2D eigenvalue weighted by molar-refractivity contribution is 0.627. The molecule has 0 spiro atoms. The molecule has 2 N–H and O–H groups in total. The van der Waals surface area contributed by atoms with E-state index in [-0.39, 0.29) is 5.56 Å². The second kappa shape index (κ2) is 5.82. The molecule has 92 valence electrons. The summed E-state index contributed by atoms with van der Waals surface area (Å²) in [5.74, 6) is 5.34. The third kappa shape index (κ3) is 3.19. The van der Waals surface area contributed by atoms with Crippen LogP contribution in [0.25, 0.3) is 0 Å². The fourth-order valence-electron chi connectivity index (χ4n) is 1.69. The zero-order chi connectivity index (χ0) is 13.7. The molecule has 0 aliphatic heterocycles. The summed E-state index contributed by atoms with van der Waals surface area (Å²) in [6, 6.07) is 13.5. The predicted octanol–water partition coefficient (Wildman–Crippen LogP) is 2.56. The Morgan fingerprint density at radius 3 is 2.53 bits per heavy atom. The van der Waals surface area contributed by atoms with Gasteiger partial charge in [-0.05, 0) is 29.8 Å². The summed E-state index contributed by atoms with van der Waals surface area (Å²) in [6.07, 6.45) is 0. The highest BCUT2D eigenvalue weighted by Crippen LogP contribution is 2.09. The van der Waals surface area contributed by atoms with E-state index in [0.29, 0.717) is 12.1 Å². The molecule has 0 heterocycles. The van der Waals surface area contributed by atoms with Gasteiger partial charge in [0.05, 0.1) is 11.6 Å². The van der Waals surface area contributed by atoms with Crippen LogP contribution in [0.4, 0.5) is 4.39 Å². The van der Waals surface area contributed by atoms with Gasteiger partial charge in [0.2, 0.25) is 0 Å². The predicted molar refractivity (Wildman–Crippen MR) is 71.4 cm³/mol. The highest BCUT2D eigenvalue weighted by atomic mass is 19.1. The van der Waals surface area contributed by atoms with E-state index in [1.807, 2.05) is 30.3 Å². The average molecular weight is 250 g/mol. The maximum absolute atomic E-state index is 13.2. The minimum atomic E-state index is -0.463. The van der Waals surface area contributed by atoms with Crippen molar-refractivity contribution in [1.82, 2.24) is 0 Å². The molecule has 2 nitrogen and oxygen atoms in total. The van der Waals surface area contributed by atoms with Crippen molar-refractivity contribution >= 4 is 0 Å². The Hall–Kier alpha value is -2.62. The standard InChI is InChI=1S/C16H11FN2/c17-16-8-12(7-13(9-16)10-18)5-6-14-3-1-2-4-15(14)11-19/h1-4,7-9H,11,19H2. The van der Waals surface area contributed by atoms with Gasteiger partial charge in [0.15, 0.2) is 0 Å². The molecule has 3 heteroatoms. The molecule has 0 radical (unpaired) electrons. The van der Waals surface area contributed by atoms with Gasteiger partial charge in [-0.2, -0.15) is 5.26 Å². The first-order valence-electron chi connectivity index (χ1n) is 5.73. The zero-order valence-corrected chi connectivity index (χ0v) is 10.2. The molecule has 2 aromatic rings. The normalized spacial score (nSPS) is 9.32. The van der Waals surface area contributed by atoms with Crippen molar-refractivity contribution in [3.8, 4) is 17.9 Å². The number of nitriles is 1. The first kappa shape index (κ1) is 12.8. The van der Waals surface area contributed by atoms with Gasteiger partial charge in [-0.15, -0.1) is 0 Å². The van der Waals surface area contributed by atoms with Gasteiger partial charge in [-0.3, -0.25) is 0 Å². The van der Waals surface area contributed by atoms with Gasteiger partial charge in [-0.1, -0.05) is 30.0 Å². The maximum atomic E-state index is 13.2. The largest absolute Gasteiger partial charge is 0.326 e. The Bertz CT molecular complexity index is 703. The van der Waals surface area contributed by atoms with E-state index < -0.39 is 5.82 Å². The Morgan fingerprint density at radius 2 is 1.79 bits per heavy atom. The van der Waals surface area contributed by atoms with E-state index in [1.54, 1.807) is 6.07 Å². The van der Waals surface area contributed by atoms with Gasteiger partial charge in [0.1, 0.15) is 5.82 Å². The lowest BCUT2D eigenvalue weighted by Crippen LogP contribution is -1.98. The van der Waals surface area contributed by atoms with E-state index in [9.17, 15) is 4.39 Å². The Balaban J connectivity index is 2.39. The van der Waals surface area contributed by atoms with Crippen molar-refractivity contribution in [1.29, 1.82) is 5.26 Å². The molecule has 0 aliphatic rings. The Kier molecular flexibility index (Phi) is 3.93. The highest BCUT2D eigenvalue weighted by molar-refractivity contribution is 5.48. The van der Waals surface area contributed by atoms with Gasteiger partial charge in [-0.25, -0.2) is 4.39 Å². The van der Waals surface area contributed by atoms with E-state index in [2.05, 4.69) is 11.8 Å². The number of rotatable bonds is 1. The average Bonchev–Trinajstić information content (AvgIpc) is 2.44. The quantitative estimate of drug-likeness (QED) is 0.791. The van der Waals surface area contributed by atoms with Crippen LogP contribution in [0.1, 0.15) is 22.3 Å². The molecule has 0 saturated carbocycles. The van der Waals surface area contributed by atoms with Crippen molar-refractivity contribution < 1.29 is 4.39 Å². The number of hydrogen-bond donors (Lipinski definition) is 1. The summed E-state index contributed by atoms with van der Waals surface area (Å²) >= 11 is 0. The van der Waals surface area contributed by atoms with E-state index in [0.717, 1.165) is 11.1 Å². The molecule has 2 rings (SSSR count). The fraction of sp³-hybridized carbons (Fsp3) is 0.0625. The van der Waals surface area contributed by atoms with Crippen molar-refractivity contribution in [2.75, 3.05) is 0 Å². The van der Waals surface area contributed by atoms with Crippen LogP contribution in [-0.2, 0) is 6.54 Å². The van der Waals surface area contributed by atoms with Crippen LogP contribution < -0.4 is 5.73 Å². The summed E-state index contributed by atoms with van der Waals surface area (Å²) in [7, 11) is 0. The fourth-order valence-corrected chi connectivity index (χ4v) is 1.69. The zero-order valence-electron chi connectivity index (χ0n) is 10.2. The van der Waals surface area contributed by atoms with Crippen LogP contribution in [0.3, 0.4) is 0 Å². The number of hydrogen-bond acceptors (Lipinski definition) is 2. The minimum absolute atomic E-state index is 0.261. The molecule has 0 saturated heterocycles. The van der Waals surface area contributed by atoms with Crippen LogP contribution in [0.2, 0.25) is 0 Å². The second-order valence-electron chi connectivity index (χ2n) is 3.95. The topological polar surface area (TPSA) is 49.8 Å². The molecular formula is C16H11FN2. The summed E-state index contributed by atoms with van der Waals surface area (Å²) in [6.45, 7) is 0.400. The smallest absolute Gasteiger partial charge is 0.125 e. The van der Waals surface area contributed by atoms with Crippen molar-refractivity contribution in [3.63, 3.8) is 0 Å². The van der Waals surface area contributed by atoms with E-state index in [1.165, 1.54) is 12.1 Å². The lowest BCUT2D eigenvalue weighted by atomic mass is 10.1. The number of benzene rings is 2. The maximum Gasteiger partial charge on any atom is 0.125 e. The summed E-state index contributed by atoms with van der Waals surface area (Å²) in [5.41, 5.74) is 8.10. The molecule has 0 fully saturated rings. The summed E-state index contributed by atoms with van der Waals surface area (Å²) < 4.78 is 13.2. The Morgan fingerprint density at radius 1 is 1.05 bits per heavy atom. The molecular weight excluding hydrogens is 239 g/mol. The first-order chi connectivity index (χ1) is 9.22. The number of nitrogens with two attached hydrogens (primary N) is 1. The van der Waals surface area contributed by atoms with Gasteiger partial charge >= 0.3 is 0 Å². The molecule has 0 bridgehead atoms. The molecule has 0 aromatic heterocycles. The van der Waals surface area contributed by atoms with Gasteiger partial charge in [0, 0.05) is 17.7 Å². The van der Waals surface area contributed by atoms with Crippen molar-refractivity contribution in [2.45, 2.75) is 6.54 Å².